The predicted molar refractivity (Wildman–Crippen MR) is 100 cm³/mol. The van der Waals surface area contributed by atoms with Gasteiger partial charge in [0.15, 0.2) is 0 Å². The molecule has 1 N–H and O–H groups in total. The number of carbonyl (C=O) groups excluding carboxylic acids is 1. The van der Waals surface area contributed by atoms with Crippen molar-refractivity contribution in [2.24, 2.45) is 0 Å². The molecule has 6 heteroatoms. The predicted octanol–water partition coefficient (Wildman–Crippen LogP) is 4.81. The molecule has 2 aromatic carbocycles. The molecule has 1 aromatic heterocycles. The van der Waals surface area contributed by atoms with Crippen LogP contribution in [0.1, 0.15) is 12.5 Å². The van der Waals surface area contributed by atoms with Crippen molar-refractivity contribution < 1.29 is 9.21 Å². The summed E-state index contributed by atoms with van der Waals surface area (Å²) in [7, 11) is 0. The SMILES string of the molecule is CC(=O)Nc1ccc2c(CSc3ccc(Br)cc3)cc(=O)oc2c1. The third kappa shape index (κ3) is 4.07. The van der Waals surface area contributed by atoms with Crippen molar-refractivity contribution in [2.75, 3.05) is 5.32 Å². The number of halogens is 1. The van der Waals surface area contributed by atoms with Gasteiger partial charge >= 0.3 is 5.63 Å². The number of hydrogen-bond donors (Lipinski definition) is 1. The van der Waals surface area contributed by atoms with Gasteiger partial charge in [0, 0.05) is 45.3 Å². The summed E-state index contributed by atoms with van der Waals surface area (Å²) in [5.74, 6) is 0.488. The number of thioether (sulfide) groups is 1. The normalized spacial score (nSPS) is 10.8. The molecule has 0 bridgehead atoms. The lowest BCUT2D eigenvalue weighted by Gasteiger charge is -2.08. The molecule has 0 aliphatic rings. The Morgan fingerprint density at radius 3 is 2.62 bits per heavy atom. The van der Waals surface area contributed by atoms with E-state index in [0.29, 0.717) is 17.0 Å². The molecule has 3 rings (SSSR count). The highest BCUT2D eigenvalue weighted by Crippen LogP contribution is 2.28. The van der Waals surface area contributed by atoms with Gasteiger partial charge in [-0.2, -0.15) is 0 Å². The molecule has 24 heavy (non-hydrogen) atoms. The van der Waals surface area contributed by atoms with Crippen LogP contribution in [0, 0.1) is 0 Å². The smallest absolute Gasteiger partial charge is 0.336 e. The van der Waals surface area contributed by atoms with E-state index in [-0.39, 0.29) is 5.91 Å². The van der Waals surface area contributed by atoms with Gasteiger partial charge < -0.3 is 9.73 Å². The molecule has 0 atom stereocenters. The Morgan fingerprint density at radius 1 is 1.17 bits per heavy atom. The largest absolute Gasteiger partial charge is 0.423 e. The first-order chi connectivity index (χ1) is 11.5. The maximum absolute atomic E-state index is 11.8. The number of amides is 1. The standard InChI is InChI=1S/C18H14BrNO3S/c1-11(21)20-14-4-7-16-12(8-18(22)23-17(16)9-14)10-24-15-5-2-13(19)3-6-15/h2-9H,10H2,1H3,(H,20,21). The maximum Gasteiger partial charge on any atom is 0.336 e. The summed E-state index contributed by atoms with van der Waals surface area (Å²) < 4.78 is 6.30. The lowest BCUT2D eigenvalue weighted by molar-refractivity contribution is -0.114. The minimum Gasteiger partial charge on any atom is -0.423 e. The van der Waals surface area contributed by atoms with E-state index in [1.54, 1.807) is 23.9 Å². The van der Waals surface area contributed by atoms with Crippen molar-refractivity contribution in [3.8, 4) is 0 Å². The van der Waals surface area contributed by atoms with Crippen LogP contribution in [0.3, 0.4) is 0 Å². The number of fused-ring (bicyclic) bond motifs is 1. The average molecular weight is 404 g/mol. The van der Waals surface area contributed by atoms with E-state index < -0.39 is 5.63 Å². The number of hydrogen-bond acceptors (Lipinski definition) is 4. The Kier molecular flexibility index (Phi) is 5.06. The lowest BCUT2D eigenvalue weighted by Crippen LogP contribution is -2.06. The molecule has 0 spiro atoms. The van der Waals surface area contributed by atoms with E-state index in [1.165, 1.54) is 13.0 Å². The molecule has 0 aliphatic carbocycles. The van der Waals surface area contributed by atoms with Gasteiger partial charge in [-0.25, -0.2) is 4.79 Å². The molecular formula is C18H14BrNO3S. The van der Waals surface area contributed by atoms with Crippen molar-refractivity contribution in [2.45, 2.75) is 17.6 Å². The summed E-state index contributed by atoms with van der Waals surface area (Å²) in [5, 5.41) is 3.56. The number of anilines is 1. The number of rotatable bonds is 4. The molecule has 0 unspecified atom stereocenters. The molecule has 0 saturated carbocycles. The molecule has 1 amide bonds. The van der Waals surface area contributed by atoms with Crippen LogP contribution < -0.4 is 10.9 Å². The first kappa shape index (κ1) is 16.8. The van der Waals surface area contributed by atoms with E-state index in [0.717, 1.165) is 20.3 Å². The van der Waals surface area contributed by atoms with Gasteiger partial charge in [-0.1, -0.05) is 15.9 Å². The van der Waals surface area contributed by atoms with Crippen LogP contribution in [0.2, 0.25) is 0 Å². The van der Waals surface area contributed by atoms with Gasteiger partial charge in [-0.3, -0.25) is 4.79 Å². The van der Waals surface area contributed by atoms with E-state index in [2.05, 4.69) is 21.2 Å². The Bertz CT molecular complexity index is 951. The molecule has 4 nitrogen and oxygen atoms in total. The van der Waals surface area contributed by atoms with Crippen LogP contribution in [-0.2, 0) is 10.5 Å². The Balaban J connectivity index is 1.90. The zero-order valence-corrected chi connectivity index (χ0v) is 15.2. The fourth-order valence-corrected chi connectivity index (χ4v) is 3.48. The first-order valence-corrected chi connectivity index (χ1v) is 9.02. The van der Waals surface area contributed by atoms with Crippen molar-refractivity contribution in [1.29, 1.82) is 0 Å². The first-order valence-electron chi connectivity index (χ1n) is 7.24. The number of carbonyl (C=O) groups is 1. The second-order valence-electron chi connectivity index (χ2n) is 5.23. The minimum atomic E-state index is -0.395. The summed E-state index contributed by atoms with van der Waals surface area (Å²) in [4.78, 5) is 24.1. The summed E-state index contributed by atoms with van der Waals surface area (Å²) in [6.07, 6.45) is 0. The highest BCUT2D eigenvalue weighted by molar-refractivity contribution is 9.10. The summed E-state index contributed by atoms with van der Waals surface area (Å²) >= 11 is 5.06. The third-order valence-corrected chi connectivity index (χ3v) is 4.95. The van der Waals surface area contributed by atoms with Crippen LogP contribution in [0.15, 0.2) is 67.1 Å². The van der Waals surface area contributed by atoms with Crippen LogP contribution in [0.25, 0.3) is 11.0 Å². The van der Waals surface area contributed by atoms with Crippen molar-refractivity contribution in [3.05, 3.63) is 69.0 Å². The Hall–Kier alpha value is -2.05. The minimum absolute atomic E-state index is 0.168. The van der Waals surface area contributed by atoms with Crippen molar-refractivity contribution in [3.63, 3.8) is 0 Å². The molecule has 1 heterocycles. The topological polar surface area (TPSA) is 59.3 Å². The van der Waals surface area contributed by atoms with E-state index in [4.69, 9.17) is 4.42 Å². The van der Waals surface area contributed by atoms with Crippen LogP contribution in [0.4, 0.5) is 5.69 Å². The van der Waals surface area contributed by atoms with Crippen molar-refractivity contribution >= 4 is 50.3 Å². The second-order valence-corrected chi connectivity index (χ2v) is 7.19. The fourth-order valence-electron chi connectivity index (χ4n) is 2.32. The van der Waals surface area contributed by atoms with Gasteiger partial charge in [0.25, 0.3) is 0 Å². The molecule has 0 aliphatic heterocycles. The van der Waals surface area contributed by atoms with Gasteiger partial charge in [0.1, 0.15) is 5.58 Å². The van der Waals surface area contributed by atoms with E-state index >= 15 is 0 Å². The molecule has 0 saturated heterocycles. The summed E-state index contributed by atoms with van der Waals surface area (Å²) in [5.41, 5.74) is 1.59. The molecule has 0 fully saturated rings. The van der Waals surface area contributed by atoms with E-state index in [9.17, 15) is 9.59 Å². The van der Waals surface area contributed by atoms with Gasteiger partial charge in [0.2, 0.25) is 5.91 Å². The summed E-state index contributed by atoms with van der Waals surface area (Å²) in [6.45, 7) is 1.44. The third-order valence-electron chi connectivity index (χ3n) is 3.36. The average Bonchev–Trinajstić information content (AvgIpc) is 2.53. The molecule has 122 valence electrons. The highest BCUT2D eigenvalue weighted by atomic mass is 79.9. The van der Waals surface area contributed by atoms with Crippen LogP contribution in [0.5, 0.6) is 0 Å². The summed E-state index contributed by atoms with van der Waals surface area (Å²) in [6, 6.07) is 14.9. The van der Waals surface area contributed by atoms with Gasteiger partial charge in [-0.05, 0) is 42.0 Å². The Morgan fingerprint density at radius 2 is 1.92 bits per heavy atom. The van der Waals surface area contributed by atoms with E-state index in [1.807, 2.05) is 30.3 Å². The zero-order chi connectivity index (χ0) is 17.1. The highest BCUT2D eigenvalue weighted by Gasteiger charge is 2.08. The number of benzene rings is 2. The monoisotopic (exact) mass is 403 g/mol. The van der Waals surface area contributed by atoms with Gasteiger partial charge in [-0.15, -0.1) is 11.8 Å². The second kappa shape index (κ2) is 7.23. The molecule has 0 radical (unpaired) electrons. The quantitative estimate of drug-likeness (QED) is 0.501. The maximum atomic E-state index is 11.8. The van der Waals surface area contributed by atoms with Gasteiger partial charge in [0.05, 0.1) is 0 Å². The lowest BCUT2D eigenvalue weighted by atomic mass is 10.1. The molecular weight excluding hydrogens is 390 g/mol. The number of nitrogens with one attached hydrogen (secondary N) is 1. The fraction of sp³-hybridized carbons (Fsp3) is 0.111. The molecule has 3 aromatic rings. The Labute approximate surface area is 151 Å². The van der Waals surface area contributed by atoms with Crippen LogP contribution >= 0.6 is 27.7 Å². The van der Waals surface area contributed by atoms with Crippen molar-refractivity contribution in [1.82, 2.24) is 0 Å². The zero-order valence-electron chi connectivity index (χ0n) is 12.8. The van der Waals surface area contributed by atoms with Crippen LogP contribution in [-0.4, -0.2) is 5.91 Å².